The Morgan fingerprint density at radius 2 is 1.89 bits per heavy atom. The first kappa shape index (κ1) is 16.6. The van der Waals surface area contributed by atoms with E-state index in [0.717, 1.165) is 12.8 Å². The average Bonchev–Trinajstić information content (AvgIpc) is 2.39. The first-order valence-corrected chi connectivity index (χ1v) is 6.75. The van der Waals surface area contributed by atoms with Gasteiger partial charge in [0.15, 0.2) is 0 Å². The summed E-state index contributed by atoms with van der Waals surface area (Å²) in [6, 6.07) is 0. The van der Waals surface area contributed by atoms with Crippen molar-refractivity contribution in [2.24, 2.45) is 0 Å². The highest BCUT2D eigenvalue weighted by Crippen LogP contribution is 2.05. The number of hydrogen-bond donors (Lipinski definition) is 1. The minimum absolute atomic E-state index is 0.730. The lowest BCUT2D eigenvalue weighted by atomic mass is 10.1. The molecule has 0 aliphatic carbocycles. The van der Waals surface area contributed by atoms with Gasteiger partial charge in [-0.05, 0) is 24.7 Å². The quantitative estimate of drug-likeness (QED) is 0.391. The molecule has 0 aromatic rings. The van der Waals surface area contributed by atoms with Crippen LogP contribution in [0.2, 0.25) is 0 Å². The zero-order chi connectivity index (χ0) is 13.5. The van der Waals surface area contributed by atoms with E-state index in [0.29, 0.717) is 0 Å². The van der Waals surface area contributed by atoms with Crippen molar-refractivity contribution in [3.05, 3.63) is 24.8 Å². The second-order valence-electron chi connectivity index (χ2n) is 4.13. The second kappa shape index (κ2) is 13.6. The van der Waals surface area contributed by atoms with Gasteiger partial charge in [-0.3, -0.25) is 0 Å². The molecule has 98 valence electrons. The van der Waals surface area contributed by atoms with Crippen molar-refractivity contribution in [1.29, 1.82) is 0 Å². The minimum Gasteiger partial charge on any atom is -0.377 e. The number of allylic oxidation sites excluding steroid dienone is 2. The summed E-state index contributed by atoms with van der Waals surface area (Å²) in [5.41, 5.74) is 0. The van der Waals surface area contributed by atoms with Crippen LogP contribution in [0.25, 0.3) is 0 Å². The maximum Gasteiger partial charge on any atom is 0.134 e. The van der Waals surface area contributed by atoms with Gasteiger partial charge in [0.2, 0.25) is 0 Å². The Kier molecular flexibility index (Phi) is 12.5. The van der Waals surface area contributed by atoms with E-state index in [1.165, 1.54) is 38.2 Å². The van der Waals surface area contributed by atoms with Gasteiger partial charge in [-0.25, -0.2) is 0 Å². The van der Waals surface area contributed by atoms with Crippen molar-refractivity contribution in [2.75, 3.05) is 0 Å². The fourth-order valence-corrected chi connectivity index (χ4v) is 1.39. The van der Waals surface area contributed by atoms with Crippen LogP contribution in [0.4, 0.5) is 0 Å². The monoisotopic (exact) mass is 244 g/mol. The van der Waals surface area contributed by atoms with Crippen LogP contribution in [0.3, 0.4) is 0 Å². The molecule has 18 heavy (non-hydrogen) atoms. The molecule has 0 saturated heterocycles. The lowest BCUT2D eigenvalue weighted by Gasteiger charge is -1.95. The normalized spacial score (nSPS) is 11.2. The summed E-state index contributed by atoms with van der Waals surface area (Å²) in [6.45, 7) is 5.66. The zero-order valence-electron chi connectivity index (χ0n) is 11.4. The average molecular weight is 244 g/mol. The van der Waals surface area contributed by atoms with Gasteiger partial charge >= 0.3 is 0 Å². The number of unbranched alkanes of at least 4 members (excludes halogenated alkanes) is 5. The van der Waals surface area contributed by atoms with Crippen LogP contribution < -0.4 is 0 Å². The lowest BCUT2D eigenvalue weighted by Crippen LogP contribution is -1.94. The van der Waals surface area contributed by atoms with Crippen LogP contribution in [0.15, 0.2) is 24.8 Å². The fraction of sp³-hybridized carbons (Fsp3) is 0.529. The fourth-order valence-electron chi connectivity index (χ4n) is 1.39. The topological polar surface area (TPSA) is 20.2 Å². The van der Waals surface area contributed by atoms with Gasteiger partial charge in [-0.1, -0.05) is 69.3 Å². The molecule has 0 spiro atoms. The Hall–Kier alpha value is -1.44. The maximum absolute atomic E-state index is 9.05. The first-order valence-electron chi connectivity index (χ1n) is 6.75. The molecule has 1 atom stereocenters. The van der Waals surface area contributed by atoms with Crippen LogP contribution in [0, 0.1) is 23.7 Å². The van der Waals surface area contributed by atoms with Gasteiger partial charge in [-0.2, -0.15) is 0 Å². The first-order chi connectivity index (χ1) is 8.81. The predicted molar refractivity (Wildman–Crippen MR) is 78.9 cm³/mol. The van der Waals surface area contributed by atoms with E-state index in [2.05, 4.69) is 49.3 Å². The molecule has 0 radical (unpaired) electrons. The Morgan fingerprint density at radius 1 is 1.11 bits per heavy atom. The Balaban J connectivity index is 3.50. The molecule has 1 nitrogen and oxygen atoms in total. The number of hydrogen-bond acceptors (Lipinski definition) is 1. The van der Waals surface area contributed by atoms with Crippen molar-refractivity contribution in [1.82, 2.24) is 0 Å². The number of rotatable bonds is 8. The molecule has 0 rings (SSSR count). The van der Waals surface area contributed by atoms with Crippen molar-refractivity contribution in [3.8, 4) is 23.7 Å². The summed E-state index contributed by atoms with van der Waals surface area (Å²) < 4.78 is 0. The highest BCUT2D eigenvalue weighted by molar-refractivity contribution is 5.29. The highest BCUT2D eigenvalue weighted by Gasteiger charge is 1.86. The summed E-state index contributed by atoms with van der Waals surface area (Å²) >= 11 is 0. The maximum atomic E-state index is 9.05. The van der Waals surface area contributed by atoms with E-state index in [-0.39, 0.29) is 0 Å². The van der Waals surface area contributed by atoms with E-state index in [1.807, 2.05) is 0 Å². The molecule has 0 aromatic carbocycles. The lowest BCUT2D eigenvalue weighted by molar-refractivity contribution is 0.281. The van der Waals surface area contributed by atoms with Crippen molar-refractivity contribution in [3.63, 3.8) is 0 Å². The molecule has 0 aromatic heterocycles. The van der Waals surface area contributed by atoms with Gasteiger partial charge in [0.1, 0.15) is 6.10 Å². The smallest absolute Gasteiger partial charge is 0.134 e. The molecule has 1 heteroatoms. The van der Waals surface area contributed by atoms with E-state index in [9.17, 15) is 0 Å². The second-order valence-corrected chi connectivity index (χ2v) is 4.13. The van der Waals surface area contributed by atoms with Crippen molar-refractivity contribution >= 4 is 0 Å². The summed E-state index contributed by atoms with van der Waals surface area (Å²) in [6.07, 6.45) is 13.4. The predicted octanol–water partition coefficient (Wildman–Crippen LogP) is 3.85. The minimum atomic E-state index is -0.766. The van der Waals surface area contributed by atoms with Crippen LogP contribution in [-0.2, 0) is 0 Å². The van der Waals surface area contributed by atoms with Crippen molar-refractivity contribution in [2.45, 2.75) is 58.0 Å². The molecule has 1 N–H and O–H groups in total. The van der Waals surface area contributed by atoms with Crippen molar-refractivity contribution < 1.29 is 5.11 Å². The van der Waals surface area contributed by atoms with E-state index < -0.39 is 6.10 Å². The van der Waals surface area contributed by atoms with Gasteiger partial charge in [0.25, 0.3) is 0 Å². The third kappa shape index (κ3) is 12.6. The summed E-state index contributed by atoms with van der Waals surface area (Å²) in [7, 11) is 0. The Labute approximate surface area is 112 Å². The van der Waals surface area contributed by atoms with Crippen LogP contribution in [-0.4, -0.2) is 11.2 Å². The van der Waals surface area contributed by atoms with Gasteiger partial charge in [-0.15, -0.1) is 0 Å². The van der Waals surface area contributed by atoms with Crippen LogP contribution in [0.1, 0.15) is 51.9 Å². The van der Waals surface area contributed by atoms with E-state index in [4.69, 9.17) is 5.11 Å². The Bertz CT molecular complexity index is 343. The molecule has 0 aliphatic heterocycles. The SMILES string of the molecule is C=C[C@@H](O)C#CC#CC/C=C/CCCCCCC. The Morgan fingerprint density at radius 3 is 2.61 bits per heavy atom. The molecule has 0 bridgehead atoms. The van der Waals surface area contributed by atoms with Crippen LogP contribution in [0.5, 0.6) is 0 Å². The standard InChI is InChI=1S/C17H24O/c1-3-5-6-7-8-9-10-11-12-13-14-15-16-17(18)4-2/h4,10-11,17-18H,2-3,5-9,12H2,1H3/b11-10+/t17-/m1/s1. The zero-order valence-corrected chi connectivity index (χ0v) is 11.4. The largest absolute Gasteiger partial charge is 0.377 e. The molecule has 0 unspecified atom stereocenters. The van der Waals surface area contributed by atoms with Gasteiger partial charge in [0.05, 0.1) is 0 Å². The van der Waals surface area contributed by atoms with Crippen LogP contribution >= 0.6 is 0 Å². The third-order valence-electron chi connectivity index (χ3n) is 2.46. The molecule has 0 fully saturated rings. The van der Waals surface area contributed by atoms with E-state index in [1.54, 1.807) is 0 Å². The summed E-state index contributed by atoms with van der Waals surface area (Å²) in [5.74, 6) is 10.8. The molecule has 0 aliphatic rings. The molecule has 0 saturated carbocycles. The van der Waals surface area contributed by atoms with E-state index >= 15 is 0 Å². The molecule has 0 heterocycles. The molecular weight excluding hydrogens is 220 g/mol. The number of aliphatic hydroxyl groups is 1. The van der Waals surface area contributed by atoms with Gasteiger partial charge < -0.3 is 5.11 Å². The number of aliphatic hydroxyl groups excluding tert-OH is 1. The summed E-state index contributed by atoms with van der Waals surface area (Å²) in [5, 5.41) is 9.05. The molecular formula is C17H24O. The molecule has 0 amide bonds. The summed E-state index contributed by atoms with van der Waals surface area (Å²) in [4.78, 5) is 0. The third-order valence-corrected chi connectivity index (χ3v) is 2.46. The van der Waals surface area contributed by atoms with Gasteiger partial charge in [0, 0.05) is 6.42 Å². The highest BCUT2D eigenvalue weighted by atomic mass is 16.3.